The van der Waals surface area contributed by atoms with Crippen LogP contribution in [0.15, 0.2) is 43.0 Å². The molecule has 1 aromatic carbocycles. The Kier molecular flexibility index (Phi) is 4.10. The minimum atomic E-state index is -0.768. The second-order valence-corrected chi connectivity index (χ2v) is 3.73. The number of benzene rings is 1. The number of rotatable bonds is 5. The molecule has 2 nitrogen and oxygen atoms in total. The Labute approximate surface area is 90.3 Å². The third-order valence-electron chi connectivity index (χ3n) is 2.53. The fourth-order valence-corrected chi connectivity index (χ4v) is 1.77. The van der Waals surface area contributed by atoms with Gasteiger partial charge in [-0.25, -0.2) is 0 Å². The van der Waals surface area contributed by atoms with E-state index in [1.807, 2.05) is 37.3 Å². The van der Waals surface area contributed by atoms with Gasteiger partial charge in [-0.3, -0.25) is 4.79 Å². The molecule has 2 unspecified atom stereocenters. The molecular formula is C13H16O2. The summed E-state index contributed by atoms with van der Waals surface area (Å²) in [6.45, 7) is 5.58. The Morgan fingerprint density at radius 1 is 1.47 bits per heavy atom. The van der Waals surface area contributed by atoms with E-state index in [1.54, 1.807) is 6.08 Å². The maximum absolute atomic E-state index is 11.2. The molecule has 0 spiro atoms. The van der Waals surface area contributed by atoms with Crippen LogP contribution < -0.4 is 0 Å². The topological polar surface area (TPSA) is 37.3 Å². The van der Waals surface area contributed by atoms with Crippen LogP contribution in [-0.2, 0) is 4.79 Å². The zero-order chi connectivity index (χ0) is 11.3. The predicted octanol–water partition coefficient (Wildman–Crippen LogP) is 3.07. The van der Waals surface area contributed by atoms with E-state index >= 15 is 0 Å². The molecule has 2 heteroatoms. The molecular weight excluding hydrogens is 188 g/mol. The van der Waals surface area contributed by atoms with E-state index in [9.17, 15) is 9.90 Å². The number of carbonyl (C=O) groups is 1. The maximum atomic E-state index is 11.2. The summed E-state index contributed by atoms with van der Waals surface area (Å²) in [5.74, 6) is -1.14. The van der Waals surface area contributed by atoms with Crippen LogP contribution in [0, 0.1) is 5.92 Å². The monoisotopic (exact) mass is 204 g/mol. The van der Waals surface area contributed by atoms with Gasteiger partial charge in [-0.05, 0) is 17.9 Å². The van der Waals surface area contributed by atoms with Gasteiger partial charge in [0.25, 0.3) is 0 Å². The molecule has 0 aliphatic heterocycles. The van der Waals surface area contributed by atoms with Gasteiger partial charge in [-0.2, -0.15) is 0 Å². The summed E-state index contributed by atoms with van der Waals surface area (Å²) in [6, 6.07) is 9.34. The minimum Gasteiger partial charge on any atom is -0.481 e. The van der Waals surface area contributed by atoms with Gasteiger partial charge in [-0.15, -0.1) is 6.58 Å². The van der Waals surface area contributed by atoms with E-state index in [4.69, 9.17) is 0 Å². The summed E-state index contributed by atoms with van der Waals surface area (Å²) < 4.78 is 0. The van der Waals surface area contributed by atoms with Gasteiger partial charge in [0.2, 0.25) is 0 Å². The second kappa shape index (κ2) is 5.35. The van der Waals surface area contributed by atoms with Gasteiger partial charge < -0.3 is 5.11 Å². The first-order chi connectivity index (χ1) is 7.16. The predicted molar refractivity (Wildman–Crippen MR) is 60.8 cm³/mol. The number of hydrogen-bond donors (Lipinski definition) is 1. The molecule has 0 amide bonds. The van der Waals surface area contributed by atoms with Crippen molar-refractivity contribution in [3.8, 4) is 0 Å². The lowest BCUT2D eigenvalue weighted by molar-refractivity contribution is -0.140. The molecule has 0 saturated heterocycles. The highest BCUT2D eigenvalue weighted by Gasteiger charge is 2.25. The lowest BCUT2D eigenvalue weighted by Gasteiger charge is -2.19. The molecule has 0 saturated carbocycles. The molecule has 0 heterocycles. The number of aliphatic carboxylic acids is 1. The Morgan fingerprint density at radius 2 is 2.07 bits per heavy atom. The highest BCUT2D eigenvalue weighted by atomic mass is 16.4. The first-order valence-electron chi connectivity index (χ1n) is 5.05. The van der Waals surface area contributed by atoms with E-state index in [-0.39, 0.29) is 5.92 Å². The number of hydrogen-bond acceptors (Lipinski definition) is 1. The SMILES string of the molecule is C=CCC(C)C(C(=O)O)c1ccccc1. The lowest BCUT2D eigenvalue weighted by Crippen LogP contribution is -2.19. The second-order valence-electron chi connectivity index (χ2n) is 3.73. The van der Waals surface area contributed by atoms with E-state index in [0.29, 0.717) is 6.42 Å². The van der Waals surface area contributed by atoms with Crippen molar-refractivity contribution in [1.82, 2.24) is 0 Å². The molecule has 1 aromatic rings. The fourth-order valence-electron chi connectivity index (χ4n) is 1.77. The highest BCUT2D eigenvalue weighted by Crippen LogP contribution is 2.27. The first-order valence-corrected chi connectivity index (χ1v) is 5.05. The van der Waals surface area contributed by atoms with Crippen molar-refractivity contribution in [2.45, 2.75) is 19.3 Å². The van der Waals surface area contributed by atoms with Gasteiger partial charge in [-0.1, -0.05) is 43.3 Å². The quantitative estimate of drug-likeness (QED) is 0.748. The zero-order valence-electron chi connectivity index (χ0n) is 8.89. The van der Waals surface area contributed by atoms with Crippen LogP contribution in [0.3, 0.4) is 0 Å². The van der Waals surface area contributed by atoms with Crippen molar-refractivity contribution in [2.24, 2.45) is 5.92 Å². The summed E-state index contributed by atoms with van der Waals surface area (Å²) in [4.78, 5) is 11.2. The summed E-state index contributed by atoms with van der Waals surface area (Å²) >= 11 is 0. The largest absolute Gasteiger partial charge is 0.481 e. The molecule has 0 aliphatic carbocycles. The Morgan fingerprint density at radius 3 is 2.53 bits per heavy atom. The average Bonchev–Trinajstić information content (AvgIpc) is 2.19. The summed E-state index contributed by atoms with van der Waals surface area (Å²) in [5.41, 5.74) is 0.861. The van der Waals surface area contributed by atoms with Crippen molar-refractivity contribution >= 4 is 5.97 Å². The molecule has 0 bridgehead atoms. The van der Waals surface area contributed by atoms with Crippen molar-refractivity contribution in [1.29, 1.82) is 0 Å². The average molecular weight is 204 g/mol. The smallest absolute Gasteiger partial charge is 0.311 e. The number of allylic oxidation sites excluding steroid dienone is 1. The highest BCUT2D eigenvalue weighted by molar-refractivity contribution is 5.76. The van der Waals surface area contributed by atoms with Crippen LogP contribution in [0.1, 0.15) is 24.8 Å². The van der Waals surface area contributed by atoms with Gasteiger partial charge >= 0.3 is 5.97 Å². The molecule has 80 valence electrons. The van der Waals surface area contributed by atoms with Crippen molar-refractivity contribution in [3.63, 3.8) is 0 Å². The van der Waals surface area contributed by atoms with E-state index < -0.39 is 11.9 Å². The van der Waals surface area contributed by atoms with Crippen LogP contribution >= 0.6 is 0 Å². The Balaban J connectivity index is 2.93. The normalized spacial score (nSPS) is 14.2. The van der Waals surface area contributed by atoms with Gasteiger partial charge in [0.15, 0.2) is 0 Å². The summed E-state index contributed by atoms with van der Waals surface area (Å²) in [5, 5.41) is 9.19. The van der Waals surface area contributed by atoms with E-state index in [1.165, 1.54) is 0 Å². The molecule has 1 N–H and O–H groups in total. The third kappa shape index (κ3) is 2.94. The Hall–Kier alpha value is -1.57. The van der Waals surface area contributed by atoms with Crippen LogP contribution in [0.2, 0.25) is 0 Å². The van der Waals surface area contributed by atoms with Crippen molar-refractivity contribution in [3.05, 3.63) is 48.6 Å². The molecule has 0 aliphatic rings. The number of carboxylic acids is 1. The van der Waals surface area contributed by atoms with Crippen LogP contribution in [0.25, 0.3) is 0 Å². The summed E-state index contributed by atoms with van der Waals surface area (Å²) in [6.07, 6.45) is 2.48. The van der Waals surface area contributed by atoms with E-state index in [0.717, 1.165) is 5.56 Å². The van der Waals surface area contributed by atoms with Crippen LogP contribution in [0.5, 0.6) is 0 Å². The fraction of sp³-hybridized carbons (Fsp3) is 0.308. The maximum Gasteiger partial charge on any atom is 0.311 e. The summed E-state index contributed by atoms with van der Waals surface area (Å²) in [7, 11) is 0. The molecule has 0 radical (unpaired) electrons. The van der Waals surface area contributed by atoms with Crippen LogP contribution in [0.4, 0.5) is 0 Å². The lowest BCUT2D eigenvalue weighted by atomic mass is 9.85. The standard InChI is InChI=1S/C13H16O2/c1-3-7-10(2)12(13(14)15)11-8-5-4-6-9-11/h3-6,8-10,12H,1,7H2,2H3,(H,14,15). The van der Waals surface area contributed by atoms with Gasteiger partial charge in [0.1, 0.15) is 0 Å². The van der Waals surface area contributed by atoms with Crippen molar-refractivity contribution in [2.75, 3.05) is 0 Å². The molecule has 1 rings (SSSR count). The molecule has 0 aromatic heterocycles. The zero-order valence-corrected chi connectivity index (χ0v) is 8.89. The van der Waals surface area contributed by atoms with Gasteiger partial charge in [0.05, 0.1) is 5.92 Å². The van der Waals surface area contributed by atoms with E-state index in [2.05, 4.69) is 6.58 Å². The minimum absolute atomic E-state index is 0.0717. The molecule has 0 fully saturated rings. The van der Waals surface area contributed by atoms with Crippen molar-refractivity contribution < 1.29 is 9.90 Å². The molecule has 2 atom stereocenters. The molecule has 15 heavy (non-hydrogen) atoms. The van der Waals surface area contributed by atoms with Gasteiger partial charge in [0, 0.05) is 0 Å². The Bertz CT molecular complexity index is 330. The first kappa shape index (κ1) is 11.5. The third-order valence-corrected chi connectivity index (χ3v) is 2.53. The number of carboxylic acid groups (broad SMARTS) is 1. The van der Waals surface area contributed by atoms with Crippen LogP contribution in [-0.4, -0.2) is 11.1 Å².